The maximum atomic E-state index is 14.1. The van der Waals surface area contributed by atoms with E-state index in [4.69, 9.17) is 0 Å². The number of benzene rings is 1. The second-order valence-electron chi connectivity index (χ2n) is 11.9. The van der Waals surface area contributed by atoms with Gasteiger partial charge in [0.05, 0.1) is 6.04 Å². The van der Waals surface area contributed by atoms with Crippen molar-refractivity contribution in [2.75, 3.05) is 24.3 Å². The molecule has 1 aromatic heterocycles. The Kier molecular flexibility index (Phi) is 5.30. The highest BCUT2D eigenvalue weighted by Gasteiger charge is 2.49. The van der Waals surface area contributed by atoms with Gasteiger partial charge in [-0.15, -0.1) is 0 Å². The Bertz CT molecular complexity index is 1060. The van der Waals surface area contributed by atoms with Gasteiger partial charge in [-0.1, -0.05) is 53.7 Å². The third-order valence-corrected chi connectivity index (χ3v) is 7.31. The zero-order valence-electron chi connectivity index (χ0n) is 21.1. The van der Waals surface area contributed by atoms with Gasteiger partial charge >= 0.3 is 0 Å². The van der Waals surface area contributed by atoms with Crippen LogP contribution < -0.4 is 10.2 Å². The number of nitrogens with one attached hydrogen (secondary N) is 2. The summed E-state index contributed by atoms with van der Waals surface area (Å²) < 4.78 is 0. The number of Topliss-reactive ketones (excluding diaryl/α,β-unsaturated/α-hetero) is 1. The summed E-state index contributed by atoms with van der Waals surface area (Å²) in [6, 6.07) is 8.33. The molecule has 0 saturated carbocycles. The summed E-state index contributed by atoms with van der Waals surface area (Å²) in [5.41, 5.74) is 6.44. The minimum atomic E-state index is -0.195. The molecule has 0 radical (unpaired) electrons. The van der Waals surface area contributed by atoms with Crippen molar-refractivity contribution in [2.45, 2.75) is 60.9 Å². The Morgan fingerprint density at radius 1 is 0.938 bits per heavy atom. The molecule has 2 aromatic rings. The lowest BCUT2D eigenvalue weighted by Crippen LogP contribution is -2.43. The van der Waals surface area contributed by atoms with Gasteiger partial charge in [-0.05, 0) is 53.4 Å². The predicted molar refractivity (Wildman–Crippen MR) is 133 cm³/mol. The minimum Gasteiger partial charge on any atom is -0.378 e. The van der Waals surface area contributed by atoms with E-state index >= 15 is 0 Å². The van der Waals surface area contributed by atoms with Crippen LogP contribution in [0.15, 0.2) is 29.8 Å². The number of nitrogens with zero attached hydrogens (tertiary/aromatic N) is 2. The maximum Gasteiger partial charge on any atom is 0.165 e. The van der Waals surface area contributed by atoms with Gasteiger partial charge in [-0.25, -0.2) is 0 Å². The van der Waals surface area contributed by atoms with E-state index in [2.05, 4.69) is 93.1 Å². The zero-order chi connectivity index (χ0) is 23.6. The molecule has 1 aliphatic heterocycles. The Morgan fingerprint density at radius 2 is 1.53 bits per heavy atom. The van der Waals surface area contributed by atoms with Crippen LogP contribution in [0, 0.1) is 29.6 Å². The average molecular weight is 435 g/mol. The summed E-state index contributed by atoms with van der Waals surface area (Å²) in [7, 11) is 4.08. The van der Waals surface area contributed by atoms with Gasteiger partial charge < -0.3 is 10.2 Å². The van der Waals surface area contributed by atoms with E-state index in [9.17, 15) is 4.79 Å². The summed E-state index contributed by atoms with van der Waals surface area (Å²) >= 11 is 0. The average Bonchev–Trinajstić information content (AvgIpc) is 3.06. The number of aromatic amines is 1. The molecular weight excluding hydrogens is 396 g/mol. The molecule has 32 heavy (non-hydrogen) atoms. The molecule has 172 valence electrons. The molecule has 3 atom stereocenters. The highest BCUT2D eigenvalue weighted by Crippen LogP contribution is 2.56. The monoisotopic (exact) mass is 434 g/mol. The van der Waals surface area contributed by atoms with Gasteiger partial charge in [0.1, 0.15) is 0 Å². The van der Waals surface area contributed by atoms with Gasteiger partial charge in [0.15, 0.2) is 11.6 Å². The fourth-order valence-corrected chi connectivity index (χ4v) is 5.40. The number of ketones is 1. The van der Waals surface area contributed by atoms with Crippen molar-refractivity contribution in [3.8, 4) is 0 Å². The van der Waals surface area contributed by atoms with Crippen LogP contribution >= 0.6 is 0 Å². The number of H-pyrrole nitrogens is 1. The van der Waals surface area contributed by atoms with E-state index in [1.165, 1.54) is 5.57 Å². The van der Waals surface area contributed by atoms with Crippen LogP contribution in [-0.4, -0.2) is 30.1 Å². The number of fused-ring (bicyclic) bond motifs is 2. The Hall–Kier alpha value is -2.56. The lowest BCUT2D eigenvalue weighted by molar-refractivity contribution is -0.124. The summed E-state index contributed by atoms with van der Waals surface area (Å²) in [5, 5.41) is 11.4. The second-order valence-corrected chi connectivity index (χ2v) is 11.9. The van der Waals surface area contributed by atoms with Crippen molar-refractivity contribution in [3.63, 3.8) is 0 Å². The van der Waals surface area contributed by atoms with E-state index in [-0.39, 0.29) is 34.5 Å². The maximum absolute atomic E-state index is 14.1. The summed E-state index contributed by atoms with van der Waals surface area (Å²) in [5.74, 6) is 1.41. The third-order valence-electron chi connectivity index (χ3n) is 7.31. The predicted octanol–water partition coefficient (Wildman–Crippen LogP) is 6.00. The largest absolute Gasteiger partial charge is 0.378 e. The van der Waals surface area contributed by atoms with Gasteiger partial charge in [0.2, 0.25) is 0 Å². The summed E-state index contributed by atoms with van der Waals surface area (Å²) in [6.45, 7) is 15.6. The number of hydrogen-bond donors (Lipinski definition) is 2. The lowest BCUT2D eigenvalue weighted by Gasteiger charge is -2.47. The van der Waals surface area contributed by atoms with Crippen LogP contribution in [0.5, 0.6) is 0 Å². The first-order valence-corrected chi connectivity index (χ1v) is 11.7. The zero-order valence-corrected chi connectivity index (χ0v) is 21.1. The molecule has 0 saturated heterocycles. The number of carbonyl (C=O) groups excluding carboxylic acids is 1. The fraction of sp³-hybridized carbons (Fsp3) is 0.556. The summed E-state index contributed by atoms with van der Waals surface area (Å²) in [6.07, 6.45) is 0.876. The number of allylic oxidation sites excluding steroid dienone is 1. The fourth-order valence-electron chi connectivity index (χ4n) is 5.40. The van der Waals surface area contributed by atoms with Crippen molar-refractivity contribution in [1.82, 2.24) is 10.2 Å². The molecule has 2 heterocycles. The van der Waals surface area contributed by atoms with Crippen molar-refractivity contribution < 1.29 is 4.79 Å². The molecule has 0 unspecified atom stereocenters. The number of carbonyl (C=O) groups is 1. The van der Waals surface area contributed by atoms with Gasteiger partial charge in [0, 0.05) is 42.5 Å². The topological polar surface area (TPSA) is 61.0 Å². The van der Waals surface area contributed by atoms with Crippen LogP contribution in [0.2, 0.25) is 0 Å². The first kappa shape index (κ1) is 22.6. The highest BCUT2D eigenvalue weighted by atomic mass is 16.1. The molecule has 5 heteroatoms. The number of aryl methyl sites for hydroxylation is 1. The van der Waals surface area contributed by atoms with Gasteiger partial charge in [-0.2, -0.15) is 5.10 Å². The highest BCUT2D eigenvalue weighted by molar-refractivity contribution is 6.10. The van der Waals surface area contributed by atoms with Crippen molar-refractivity contribution in [3.05, 3.63) is 46.7 Å². The van der Waals surface area contributed by atoms with Crippen LogP contribution in [0.1, 0.15) is 70.8 Å². The van der Waals surface area contributed by atoms with E-state index < -0.39 is 0 Å². The van der Waals surface area contributed by atoms with Crippen LogP contribution in [-0.2, 0) is 4.79 Å². The number of aromatic nitrogens is 2. The molecule has 1 aromatic carbocycles. The molecular formula is C27H38N4O. The van der Waals surface area contributed by atoms with Crippen molar-refractivity contribution in [2.24, 2.45) is 22.7 Å². The first-order chi connectivity index (χ1) is 14.8. The molecule has 2 aliphatic rings. The summed E-state index contributed by atoms with van der Waals surface area (Å²) in [4.78, 5) is 16.2. The van der Waals surface area contributed by atoms with Gasteiger partial charge in [-0.3, -0.25) is 9.89 Å². The lowest BCUT2D eigenvalue weighted by atomic mass is 9.58. The third kappa shape index (κ3) is 3.66. The Morgan fingerprint density at radius 3 is 2.06 bits per heavy atom. The molecule has 0 amide bonds. The van der Waals surface area contributed by atoms with E-state index in [1.54, 1.807) is 0 Å². The van der Waals surface area contributed by atoms with E-state index in [0.717, 1.165) is 40.3 Å². The smallest absolute Gasteiger partial charge is 0.165 e. The standard InChI is InChI=1S/C27H38N4O/c1-15-20-21-18(26(2,3)4)14-19(27(5,6)7)24(32)22(21)23(28-25(20)30-29-15)16-10-12-17(13-11-16)31(8)9/h10-13,18-19,23H,14H2,1-9H3,(H2,28,29,30)/t18-,19-,23+/m0/s1. The number of anilines is 2. The quantitative estimate of drug-likeness (QED) is 0.608. The molecule has 0 spiro atoms. The molecule has 4 rings (SSSR count). The first-order valence-electron chi connectivity index (χ1n) is 11.7. The van der Waals surface area contributed by atoms with Crippen LogP contribution in [0.4, 0.5) is 11.5 Å². The molecule has 5 nitrogen and oxygen atoms in total. The number of rotatable bonds is 2. The molecule has 0 fully saturated rings. The minimum absolute atomic E-state index is 0.00965. The van der Waals surface area contributed by atoms with Crippen molar-refractivity contribution >= 4 is 22.9 Å². The normalized spacial score (nSPS) is 23.5. The number of hydrogen-bond acceptors (Lipinski definition) is 4. The Labute approximate surface area is 192 Å². The SMILES string of the molecule is Cc1[nH]nc2c1C1=C(C(=O)[C@@H](C(C)(C)C)C[C@@H]1C(C)(C)C)[C@@H](c1ccc(N(C)C)cc1)N2. The van der Waals surface area contributed by atoms with Crippen LogP contribution in [0.25, 0.3) is 5.57 Å². The molecule has 1 aliphatic carbocycles. The van der Waals surface area contributed by atoms with Crippen molar-refractivity contribution in [1.29, 1.82) is 0 Å². The Balaban J connectivity index is 1.97. The second kappa shape index (κ2) is 7.50. The molecule has 0 bridgehead atoms. The van der Waals surface area contributed by atoms with E-state index in [0.29, 0.717) is 0 Å². The van der Waals surface area contributed by atoms with Gasteiger partial charge in [0.25, 0.3) is 0 Å². The van der Waals surface area contributed by atoms with E-state index in [1.807, 2.05) is 14.1 Å². The molecule has 2 N–H and O–H groups in total. The van der Waals surface area contributed by atoms with Crippen LogP contribution in [0.3, 0.4) is 0 Å².